The summed E-state index contributed by atoms with van der Waals surface area (Å²) in [4.78, 5) is 50.0. The van der Waals surface area contributed by atoms with E-state index < -0.39 is 34.7 Å². The zero-order valence-corrected chi connectivity index (χ0v) is 18.7. The van der Waals surface area contributed by atoms with Crippen LogP contribution in [0, 0.1) is 16.7 Å². The monoisotopic (exact) mass is 432 g/mol. The fraction of sp³-hybridized carbons (Fsp3) is 0.478. The van der Waals surface area contributed by atoms with E-state index in [-0.39, 0.29) is 24.3 Å². The molecule has 0 aliphatic heterocycles. The Morgan fingerprint density at radius 2 is 1.35 bits per heavy atom. The minimum atomic E-state index is -1.50. The first-order valence-corrected chi connectivity index (χ1v) is 9.67. The fourth-order valence-corrected chi connectivity index (χ4v) is 4.91. The predicted octanol–water partition coefficient (Wildman–Crippen LogP) is 2.45. The SMILES string of the molecule is C=C[C@H]1CC(C(=O)OC)(C(=O)OC)CC12C(C)=CC(=C(C(=O)OC)C(=O)OC)C=C2C. The van der Waals surface area contributed by atoms with Crippen molar-refractivity contribution in [2.24, 2.45) is 16.7 Å². The Hall–Kier alpha value is -3.16. The summed E-state index contributed by atoms with van der Waals surface area (Å²) in [6, 6.07) is 0. The van der Waals surface area contributed by atoms with Crippen LogP contribution in [0.5, 0.6) is 0 Å². The fourth-order valence-electron chi connectivity index (χ4n) is 4.91. The van der Waals surface area contributed by atoms with Crippen LogP contribution >= 0.6 is 0 Å². The molecular formula is C23H28O8. The molecule has 1 fully saturated rings. The predicted molar refractivity (Wildman–Crippen MR) is 110 cm³/mol. The van der Waals surface area contributed by atoms with Crippen LogP contribution in [0.4, 0.5) is 0 Å². The number of methoxy groups -OCH3 is 4. The van der Waals surface area contributed by atoms with Crippen molar-refractivity contribution >= 4 is 23.9 Å². The lowest BCUT2D eigenvalue weighted by Gasteiger charge is -2.40. The number of ether oxygens (including phenoxy) is 4. The van der Waals surface area contributed by atoms with Gasteiger partial charge in [-0.1, -0.05) is 29.4 Å². The van der Waals surface area contributed by atoms with Crippen LogP contribution in [0.15, 0.2) is 47.1 Å². The lowest BCUT2D eigenvalue weighted by atomic mass is 9.63. The van der Waals surface area contributed by atoms with Crippen molar-refractivity contribution in [2.45, 2.75) is 26.7 Å². The Bertz CT molecular complexity index is 862. The Balaban J connectivity index is 2.73. The maximum atomic E-state index is 12.7. The molecule has 0 bridgehead atoms. The molecule has 168 valence electrons. The highest BCUT2D eigenvalue weighted by Crippen LogP contribution is 2.63. The second-order valence-corrected chi connectivity index (χ2v) is 7.73. The molecule has 2 rings (SSSR count). The Kier molecular flexibility index (Phi) is 6.93. The van der Waals surface area contributed by atoms with Gasteiger partial charge in [0.15, 0.2) is 11.0 Å². The molecule has 8 heteroatoms. The molecule has 8 nitrogen and oxygen atoms in total. The first-order chi connectivity index (χ1) is 14.6. The molecule has 0 aromatic heterocycles. The highest BCUT2D eigenvalue weighted by Gasteiger charge is 2.64. The van der Waals surface area contributed by atoms with E-state index in [1.54, 1.807) is 18.2 Å². The molecular weight excluding hydrogens is 404 g/mol. The number of esters is 4. The summed E-state index contributed by atoms with van der Waals surface area (Å²) < 4.78 is 19.4. The van der Waals surface area contributed by atoms with Gasteiger partial charge < -0.3 is 18.9 Å². The van der Waals surface area contributed by atoms with Gasteiger partial charge in [0.2, 0.25) is 0 Å². The number of allylic oxidation sites excluding steroid dienone is 6. The third-order valence-corrected chi connectivity index (χ3v) is 6.44. The van der Waals surface area contributed by atoms with E-state index in [0.717, 1.165) is 11.1 Å². The molecule has 1 spiro atoms. The number of hydrogen-bond donors (Lipinski definition) is 0. The third-order valence-electron chi connectivity index (χ3n) is 6.44. The average molecular weight is 432 g/mol. The van der Waals surface area contributed by atoms with Gasteiger partial charge in [0.25, 0.3) is 0 Å². The second kappa shape index (κ2) is 8.91. The second-order valence-electron chi connectivity index (χ2n) is 7.73. The molecule has 0 saturated heterocycles. The number of hydrogen-bond acceptors (Lipinski definition) is 8. The zero-order chi connectivity index (χ0) is 23.6. The first-order valence-electron chi connectivity index (χ1n) is 9.67. The molecule has 0 radical (unpaired) electrons. The van der Waals surface area contributed by atoms with Crippen LogP contribution in [0.3, 0.4) is 0 Å². The summed E-state index contributed by atoms with van der Waals surface area (Å²) in [6.45, 7) is 7.56. The van der Waals surface area contributed by atoms with Crippen LogP contribution in [0.25, 0.3) is 0 Å². The summed E-state index contributed by atoms with van der Waals surface area (Å²) in [5.74, 6) is -3.28. The molecule has 2 aliphatic rings. The quantitative estimate of drug-likeness (QED) is 0.163. The molecule has 0 heterocycles. The first kappa shape index (κ1) is 24.1. The highest BCUT2D eigenvalue weighted by molar-refractivity contribution is 6.15. The number of carbonyl (C=O) groups excluding carboxylic acids is 4. The largest absolute Gasteiger partial charge is 0.468 e. The van der Waals surface area contributed by atoms with E-state index in [2.05, 4.69) is 6.58 Å². The van der Waals surface area contributed by atoms with Crippen molar-refractivity contribution in [3.63, 3.8) is 0 Å². The third kappa shape index (κ3) is 3.60. The van der Waals surface area contributed by atoms with Crippen LogP contribution in [-0.4, -0.2) is 52.3 Å². The normalized spacial score (nSPS) is 23.9. The van der Waals surface area contributed by atoms with Gasteiger partial charge in [-0.2, -0.15) is 0 Å². The van der Waals surface area contributed by atoms with E-state index >= 15 is 0 Å². The maximum Gasteiger partial charge on any atom is 0.345 e. The minimum Gasteiger partial charge on any atom is -0.468 e. The van der Waals surface area contributed by atoms with Gasteiger partial charge in [-0.3, -0.25) is 9.59 Å². The molecule has 0 amide bonds. The molecule has 31 heavy (non-hydrogen) atoms. The van der Waals surface area contributed by atoms with Gasteiger partial charge in [0.05, 0.1) is 28.4 Å². The number of carbonyl (C=O) groups is 4. The summed E-state index contributed by atoms with van der Waals surface area (Å²) in [7, 11) is 4.81. The summed E-state index contributed by atoms with van der Waals surface area (Å²) in [5, 5.41) is 0. The summed E-state index contributed by atoms with van der Waals surface area (Å²) in [6.07, 6.45) is 5.33. The lowest BCUT2D eigenvalue weighted by Crippen LogP contribution is -2.40. The van der Waals surface area contributed by atoms with Crippen molar-refractivity contribution in [1.82, 2.24) is 0 Å². The van der Waals surface area contributed by atoms with Crippen LogP contribution in [0.1, 0.15) is 26.7 Å². The van der Waals surface area contributed by atoms with E-state index in [4.69, 9.17) is 18.9 Å². The van der Waals surface area contributed by atoms with Crippen molar-refractivity contribution in [3.05, 3.63) is 47.1 Å². The average Bonchev–Trinajstić information content (AvgIpc) is 3.14. The van der Waals surface area contributed by atoms with E-state index in [0.29, 0.717) is 5.57 Å². The van der Waals surface area contributed by atoms with E-state index in [1.807, 2.05) is 13.8 Å². The van der Waals surface area contributed by atoms with Crippen LogP contribution < -0.4 is 0 Å². The Morgan fingerprint density at radius 1 is 0.903 bits per heavy atom. The molecule has 0 unspecified atom stereocenters. The van der Waals surface area contributed by atoms with Gasteiger partial charge in [-0.25, -0.2) is 9.59 Å². The molecule has 0 aromatic carbocycles. The molecule has 0 N–H and O–H groups in total. The van der Waals surface area contributed by atoms with Gasteiger partial charge in [0, 0.05) is 5.41 Å². The van der Waals surface area contributed by atoms with Crippen LogP contribution in [-0.2, 0) is 38.1 Å². The van der Waals surface area contributed by atoms with Gasteiger partial charge in [-0.05, 0) is 38.2 Å². The van der Waals surface area contributed by atoms with Gasteiger partial charge in [0.1, 0.15) is 0 Å². The number of rotatable bonds is 5. The summed E-state index contributed by atoms with van der Waals surface area (Å²) in [5.41, 5.74) is -0.638. The Labute approximate surface area is 181 Å². The molecule has 2 aliphatic carbocycles. The highest BCUT2D eigenvalue weighted by atomic mass is 16.6. The van der Waals surface area contributed by atoms with Crippen molar-refractivity contribution in [2.75, 3.05) is 28.4 Å². The van der Waals surface area contributed by atoms with Crippen molar-refractivity contribution < 1.29 is 38.1 Å². The maximum absolute atomic E-state index is 12.7. The molecule has 1 atom stereocenters. The van der Waals surface area contributed by atoms with Crippen LogP contribution in [0.2, 0.25) is 0 Å². The zero-order valence-electron chi connectivity index (χ0n) is 18.7. The van der Waals surface area contributed by atoms with Gasteiger partial charge >= 0.3 is 23.9 Å². The lowest BCUT2D eigenvalue weighted by molar-refractivity contribution is -0.169. The van der Waals surface area contributed by atoms with E-state index in [9.17, 15) is 19.2 Å². The Morgan fingerprint density at radius 3 is 1.71 bits per heavy atom. The van der Waals surface area contributed by atoms with E-state index in [1.165, 1.54) is 28.4 Å². The van der Waals surface area contributed by atoms with Crippen molar-refractivity contribution in [3.8, 4) is 0 Å². The standard InChI is InChI=1S/C23H28O8/c1-8-16-11-22(20(26)30-6,21(27)31-7)12-23(16)13(2)9-15(10-14(23)3)17(18(24)28-4)19(25)29-5/h8-10,16H,1,11-12H2,2-7H3/t16-/m0/s1. The summed E-state index contributed by atoms with van der Waals surface area (Å²) >= 11 is 0. The van der Waals surface area contributed by atoms with Crippen molar-refractivity contribution in [1.29, 1.82) is 0 Å². The minimum absolute atomic E-state index is 0.111. The topological polar surface area (TPSA) is 105 Å². The smallest absolute Gasteiger partial charge is 0.345 e. The van der Waals surface area contributed by atoms with Gasteiger partial charge in [-0.15, -0.1) is 6.58 Å². The molecule has 0 aromatic rings. The molecule has 1 saturated carbocycles.